The second-order valence-corrected chi connectivity index (χ2v) is 9.80. The van der Waals surface area contributed by atoms with Gasteiger partial charge in [0.1, 0.15) is 5.76 Å². The number of methoxy groups -OCH3 is 3. The molecule has 0 spiro atoms. The third-order valence-corrected chi connectivity index (χ3v) is 7.57. The molecule has 0 aliphatic carbocycles. The van der Waals surface area contributed by atoms with E-state index in [0.29, 0.717) is 53.8 Å². The van der Waals surface area contributed by atoms with Crippen LogP contribution in [0.15, 0.2) is 54.2 Å². The van der Waals surface area contributed by atoms with E-state index in [2.05, 4.69) is 10.00 Å². The van der Waals surface area contributed by atoms with Gasteiger partial charge in [-0.25, -0.2) is 4.68 Å². The molecule has 2 aliphatic rings. The van der Waals surface area contributed by atoms with Gasteiger partial charge in [0.25, 0.3) is 11.7 Å². The third kappa shape index (κ3) is 5.25. The molecule has 1 atom stereocenters. The van der Waals surface area contributed by atoms with Gasteiger partial charge in [0.15, 0.2) is 11.5 Å². The number of morpholine rings is 1. The first-order chi connectivity index (χ1) is 19.9. The van der Waals surface area contributed by atoms with E-state index in [0.717, 1.165) is 18.8 Å². The van der Waals surface area contributed by atoms with E-state index < -0.39 is 17.7 Å². The number of carbonyl (C=O) groups is 2. The van der Waals surface area contributed by atoms with Crippen molar-refractivity contribution in [2.45, 2.75) is 13.0 Å². The van der Waals surface area contributed by atoms with Crippen molar-refractivity contribution >= 4 is 17.4 Å². The molecule has 11 heteroatoms. The lowest BCUT2D eigenvalue weighted by Crippen LogP contribution is -2.42. The zero-order valence-corrected chi connectivity index (χ0v) is 23.6. The van der Waals surface area contributed by atoms with Crippen LogP contribution in [0.2, 0.25) is 0 Å². The quantitative estimate of drug-likeness (QED) is 0.239. The predicted molar refractivity (Wildman–Crippen MR) is 151 cm³/mol. The number of hydrogen-bond donors (Lipinski definition) is 1. The standard InChI is InChI=1S/C30H34N4O7/c1-19-22(18-31-34(19)21-8-6-5-7-9-21)27(35)25-26(20-16-23(38-2)29(40-4)24(17-20)39-3)33(30(37)28(25)36)11-10-32-12-14-41-15-13-32/h5-9,16-18,26,35H,10-15H2,1-4H3/b27-25+/t26-/m1/s1. The van der Waals surface area contributed by atoms with Crippen LogP contribution in [-0.4, -0.2) is 97.1 Å². The fraction of sp³-hybridized carbons (Fsp3) is 0.367. The van der Waals surface area contributed by atoms with E-state index >= 15 is 0 Å². The maximum absolute atomic E-state index is 13.6. The van der Waals surface area contributed by atoms with Crippen LogP contribution in [0.3, 0.4) is 0 Å². The molecule has 1 N–H and O–H groups in total. The summed E-state index contributed by atoms with van der Waals surface area (Å²) in [6.07, 6.45) is 1.51. The molecule has 3 aromatic rings. The summed E-state index contributed by atoms with van der Waals surface area (Å²) in [4.78, 5) is 30.8. The highest BCUT2D eigenvalue weighted by Crippen LogP contribution is 2.45. The van der Waals surface area contributed by atoms with Crippen LogP contribution in [0.4, 0.5) is 0 Å². The zero-order valence-electron chi connectivity index (χ0n) is 23.6. The van der Waals surface area contributed by atoms with Gasteiger partial charge in [-0.3, -0.25) is 14.5 Å². The van der Waals surface area contributed by atoms with Crippen molar-refractivity contribution in [1.82, 2.24) is 19.6 Å². The van der Waals surface area contributed by atoms with Crippen LogP contribution < -0.4 is 14.2 Å². The molecule has 3 heterocycles. The SMILES string of the molecule is COc1cc([C@@H]2/C(=C(\O)c3cnn(-c4ccccc4)c3C)C(=O)C(=O)N2CCN2CCOCC2)cc(OC)c1OC. The number of hydrogen-bond acceptors (Lipinski definition) is 9. The zero-order chi connectivity index (χ0) is 29.1. The largest absolute Gasteiger partial charge is 0.507 e. The summed E-state index contributed by atoms with van der Waals surface area (Å²) in [5.41, 5.74) is 2.29. The summed E-state index contributed by atoms with van der Waals surface area (Å²) in [5, 5.41) is 16.1. The molecule has 2 aliphatic heterocycles. The molecule has 2 aromatic carbocycles. The Hall–Kier alpha value is -4.35. The molecule has 41 heavy (non-hydrogen) atoms. The summed E-state index contributed by atoms with van der Waals surface area (Å²) in [6, 6.07) is 12.0. The molecular formula is C30H34N4O7. The number of aliphatic hydroxyl groups excluding tert-OH is 1. The number of aliphatic hydroxyl groups is 1. The number of rotatable bonds is 9. The van der Waals surface area contributed by atoms with Gasteiger partial charge in [0.2, 0.25) is 5.75 Å². The second-order valence-electron chi connectivity index (χ2n) is 9.80. The highest BCUT2D eigenvalue weighted by molar-refractivity contribution is 6.46. The molecule has 216 valence electrons. The van der Waals surface area contributed by atoms with Gasteiger partial charge in [0, 0.05) is 26.2 Å². The molecule has 0 bridgehead atoms. The molecule has 0 radical (unpaired) electrons. The van der Waals surface area contributed by atoms with Crippen molar-refractivity contribution in [2.75, 3.05) is 60.7 Å². The number of carbonyl (C=O) groups excluding carboxylic acids is 2. The number of para-hydroxylation sites is 1. The fourth-order valence-electron chi connectivity index (χ4n) is 5.41. The van der Waals surface area contributed by atoms with Gasteiger partial charge in [-0.15, -0.1) is 0 Å². The van der Waals surface area contributed by atoms with E-state index in [9.17, 15) is 14.7 Å². The number of nitrogens with zero attached hydrogens (tertiary/aromatic N) is 4. The summed E-state index contributed by atoms with van der Waals surface area (Å²) in [7, 11) is 4.50. The second kappa shape index (κ2) is 12.0. The van der Waals surface area contributed by atoms with Crippen LogP contribution in [0.5, 0.6) is 17.2 Å². The predicted octanol–water partition coefficient (Wildman–Crippen LogP) is 2.96. The molecule has 1 aromatic heterocycles. The van der Waals surface area contributed by atoms with Crippen molar-refractivity contribution in [2.24, 2.45) is 0 Å². The van der Waals surface area contributed by atoms with E-state index in [1.165, 1.54) is 32.4 Å². The Kier molecular flexibility index (Phi) is 8.27. The van der Waals surface area contributed by atoms with E-state index in [1.54, 1.807) is 23.7 Å². The molecule has 2 saturated heterocycles. The average molecular weight is 563 g/mol. The lowest BCUT2D eigenvalue weighted by Gasteiger charge is -2.31. The number of aromatic nitrogens is 2. The minimum atomic E-state index is -0.899. The minimum Gasteiger partial charge on any atom is -0.507 e. The van der Waals surface area contributed by atoms with Crippen LogP contribution >= 0.6 is 0 Å². The van der Waals surface area contributed by atoms with Crippen LogP contribution in [-0.2, 0) is 14.3 Å². The Bertz CT molecular complexity index is 1440. The van der Waals surface area contributed by atoms with Crippen molar-refractivity contribution in [1.29, 1.82) is 0 Å². The Morgan fingerprint density at radius 1 is 1.00 bits per heavy atom. The van der Waals surface area contributed by atoms with Crippen molar-refractivity contribution in [3.8, 4) is 22.9 Å². The van der Waals surface area contributed by atoms with Gasteiger partial charge in [0.05, 0.1) is 69.3 Å². The van der Waals surface area contributed by atoms with Gasteiger partial charge in [-0.1, -0.05) is 18.2 Å². The van der Waals surface area contributed by atoms with Gasteiger partial charge in [-0.2, -0.15) is 5.10 Å². The maximum atomic E-state index is 13.6. The average Bonchev–Trinajstić information content (AvgIpc) is 3.52. The molecule has 5 rings (SSSR count). The molecular weight excluding hydrogens is 528 g/mol. The first kappa shape index (κ1) is 28.2. The molecule has 0 saturated carbocycles. The van der Waals surface area contributed by atoms with Crippen molar-refractivity contribution < 1.29 is 33.6 Å². The number of amides is 1. The first-order valence-corrected chi connectivity index (χ1v) is 13.4. The molecule has 11 nitrogen and oxygen atoms in total. The monoisotopic (exact) mass is 562 g/mol. The Morgan fingerprint density at radius 2 is 1.66 bits per heavy atom. The number of Topliss-reactive ketones (excluding diaryl/α,β-unsaturated/α-hetero) is 1. The van der Waals surface area contributed by atoms with E-state index in [-0.39, 0.29) is 17.9 Å². The third-order valence-electron chi connectivity index (χ3n) is 7.57. The maximum Gasteiger partial charge on any atom is 0.295 e. The molecule has 1 amide bonds. The number of ketones is 1. The molecule has 0 unspecified atom stereocenters. The lowest BCUT2D eigenvalue weighted by molar-refractivity contribution is -0.140. The van der Waals surface area contributed by atoms with E-state index in [4.69, 9.17) is 18.9 Å². The van der Waals surface area contributed by atoms with Crippen LogP contribution in [0.25, 0.3) is 11.4 Å². The highest BCUT2D eigenvalue weighted by Gasteiger charge is 2.47. The Morgan fingerprint density at radius 3 is 2.27 bits per heavy atom. The van der Waals surface area contributed by atoms with Gasteiger partial charge >= 0.3 is 0 Å². The number of likely N-dealkylation sites (tertiary alicyclic amines) is 1. The van der Waals surface area contributed by atoms with E-state index in [1.807, 2.05) is 30.3 Å². The summed E-state index contributed by atoms with van der Waals surface area (Å²) < 4.78 is 23.8. The van der Waals surface area contributed by atoms with Crippen molar-refractivity contribution in [3.05, 3.63) is 71.1 Å². The summed E-state index contributed by atoms with van der Waals surface area (Å²) in [5.74, 6) is -0.635. The van der Waals surface area contributed by atoms with Crippen molar-refractivity contribution in [3.63, 3.8) is 0 Å². The van der Waals surface area contributed by atoms with Gasteiger partial charge in [-0.05, 0) is 36.8 Å². The fourth-order valence-corrected chi connectivity index (χ4v) is 5.41. The topological polar surface area (TPSA) is 116 Å². The van der Waals surface area contributed by atoms with Crippen LogP contribution in [0.1, 0.15) is 22.9 Å². The lowest BCUT2D eigenvalue weighted by atomic mass is 9.94. The summed E-state index contributed by atoms with van der Waals surface area (Å²) >= 11 is 0. The number of ether oxygens (including phenoxy) is 4. The van der Waals surface area contributed by atoms with Gasteiger partial charge < -0.3 is 29.0 Å². The first-order valence-electron chi connectivity index (χ1n) is 13.4. The normalized spacial score (nSPS) is 19.0. The summed E-state index contributed by atoms with van der Waals surface area (Å²) in [6.45, 7) is 5.30. The minimum absolute atomic E-state index is 0.0260. The Balaban J connectivity index is 1.63. The molecule has 2 fully saturated rings. The Labute approximate surface area is 238 Å². The highest BCUT2D eigenvalue weighted by atomic mass is 16.5. The smallest absolute Gasteiger partial charge is 0.295 e. The number of benzene rings is 2. The van der Waals surface area contributed by atoms with Crippen LogP contribution in [0, 0.1) is 6.92 Å².